The normalized spacial score (nSPS) is 11.9. The summed E-state index contributed by atoms with van der Waals surface area (Å²) in [4.78, 5) is 30.0. The van der Waals surface area contributed by atoms with Gasteiger partial charge in [-0.2, -0.15) is 9.78 Å². The first-order valence-electron chi connectivity index (χ1n) is 13.2. The summed E-state index contributed by atoms with van der Waals surface area (Å²) >= 11 is 3.42. The van der Waals surface area contributed by atoms with Crippen LogP contribution in [-0.2, 0) is 0 Å². The van der Waals surface area contributed by atoms with Gasteiger partial charge in [0.2, 0.25) is 5.75 Å². The zero-order valence-electron chi connectivity index (χ0n) is 24.2. The van der Waals surface area contributed by atoms with Gasteiger partial charge in [-0.1, -0.05) is 46.8 Å². The lowest BCUT2D eigenvalue weighted by molar-refractivity contribution is -0.386. The van der Waals surface area contributed by atoms with Crippen LogP contribution in [-0.4, -0.2) is 34.5 Å². The number of nitro groups is 1. The molecule has 0 spiro atoms. The number of para-hydroxylation sites is 1. The fraction of sp³-hybridized carbons (Fsp3) is 0.323. The van der Waals surface area contributed by atoms with Crippen molar-refractivity contribution in [3.63, 3.8) is 0 Å². The summed E-state index contributed by atoms with van der Waals surface area (Å²) in [6.07, 6.45) is 1.41. The zero-order chi connectivity index (χ0) is 30.1. The van der Waals surface area contributed by atoms with Crippen molar-refractivity contribution in [1.29, 1.82) is 0 Å². The minimum atomic E-state index is -0.497. The molecule has 214 valence electrons. The van der Waals surface area contributed by atoms with Gasteiger partial charge in [-0.3, -0.25) is 14.9 Å². The molecule has 0 aliphatic rings. The topological polar surface area (TPSA) is 109 Å². The van der Waals surface area contributed by atoms with Crippen LogP contribution in [0.25, 0.3) is 22.3 Å². The second-order valence-corrected chi connectivity index (χ2v) is 12.2. The van der Waals surface area contributed by atoms with Crippen LogP contribution in [0.3, 0.4) is 0 Å². The quantitative estimate of drug-likeness (QED) is 0.115. The summed E-state index contributed by atoms with van der Waals surface area (Å²) in [5.41, 5.74) is 2.75. The molecule has 0 unspecified atom stereocenters. The van der Waals surface area contributed by atoms with Crippen molar-refractivity contribution >= 4 is 38.7 Å². The highest BCUT2D eigenvalue weighted by Crippen LogP contribution is 2.37. The molecule has 0 N–H and O–H groups in total. The van der Waals surface area contributed by atoms with Crippen molar-refractivity contribution in [2.75, 3.05) is 13.7 Å². The molecule has 0 saturated heterocycles. The molecule has 0 atom stereocenters. The molecular formula is C31H33BrN4O5. The fourth-order valence-electron chi connectivity index (χ4n) is 4.34. The van der Waals surface area contributed by atoms with E-state index in [-0.39, 0.29) is 28.3 Å². The third-order valence-electron chi connectivity index (χ3n) is 6.41. The molecule has 1 heterocycles. The predicted molar refractivity (Wildman–Crippen MR) is 166 cm³/mol. The largest absolute Gasteiger partial charge is 0.496 e. The van der Waals surface area contributed by atoms with E-state index in [0.29, 0.717) is 33.4 Å². The summed E-state index contributed by atoms with van der Waals surface area (Å²) < 4.78 is 13.1. The maximum Gasteiger partial charge on any atom is 0.312 e. The number of halogens is 1. The van der Waals surface area contributed by atoms with E-state index in [1.54, 1.807) is 31.4 Å². The molecule has 9 nitrogen and oxygen atoms in total. The van der Waals surface area contributed by atoms with E-state index in [1.807, 2.05) is 45.9 Å². The number of nitrogens with zero attached hydrogens (tertiary/aromatic N) is 4. The average Bonchev–Trinajstić information content (AvgIpc) is 2.90. The van der Waals surface area contributed by atoms with Gasteiger partial charge >= 0.3 is 5.69 Å². The van der Waals surface area contributed by atoms with Crippen molar-refractivity contribution in [3.05, 3.63) is 90.2 Å². The number of rotatable bonds is 8. The number of methoxy groups -OCH3 is 1. The molecule has 0 saturated carbocycles. The van der Waals surface area contributed by atoms with Crippen LogP contribution in [0.5, 0.6) is 11.5 Å². The SMILES string of the molecule is COc1cc(C)c(-c2nc3ccccc3c(=O)n2N=Cc2cc(Br)c(OCC(C)(C)C)c([N+](=O)[O-])c2)cc1C(C)C. The van der Waals surface area contributed by atoms with Crippen molar-refractivity contribution in [2.45, 2.75) is 47.5 Å². The second kappa shape index (κ2) is 11.8. The van der Waals surface area contributed by atoms with E-state index < -0.39 is 4.92 Å². The molecule has 0 amide bonds. The zero-order valence-corrected chi connectivity index (χ0v) is 25.8. The molecule has 0 fully saturated rings. The molecule has 0 radical (unpaired) electrons. The second-order valence-electron chi connectivity index (χ2n) is 11.3. The first-order chi connectivity index (χ1) is 19.3. The molecule has 10 heteroatoms. The van der Waals surface area contributed by atoms with Gasteiger partial charge in [0.25, 0.3) is 5.56 Å². The van der Waals surface area contributed by atoms with Crippen LogP contribution in [0.1, 0.15) is 57.2 Å². The van der Waals surface area contributed by atoms with Crippen LogP contribution in [0.2, 0.25) is 0 Å². The molecule has 3 aromatic carbocycles. The number of fused-ring (bicyclic) bond motifs is 1. The van der Waals surface area contributed by atoms with Gasteiger partial charge in [0.15, 0.2) is 5.82 Å². The molecule has 4 aromatic rings. The van der Waals surface area contributed by atoms with E-state index in [9.17, 15) is 14.9 Å². The summed E-state index contributed by atoms with van der Waals surface area (Å²) in [7, 11) is 1.63. The molecular weight excluding hydrogens is 588 g/mol. The van der Waals surface area contributed by atoms with Gasteiger partial charge in [0.1, 0.15) is 5.75 Å². The van der Waals surface area contributed by atoms with Gasteiger partial charge in [-0.15, -0.1) is 0 Å². The van der Waals surface area contributed by atoms with E-state index in [0.717, 1.165) is 22.4 Å². The highest BCUT2D eigenvalue weighted by atomic mass is 79.9. The predicted octanol–water partition coefficient (Wildman–Crippen LogP) is 7.48. The Balaban J connectivity index is 1.90. The Kier molecular flexibility index (Phi) is 8.63. The number of nitro benzene ring substituents is 1. The smallest absolute Gasteiger partial charge is 0.312 e. The van der Waals surface area contributed by atoms with E-state index in [4.69, 9.17) is 14.5 Å². The van der Waals surface area contributed by atoms with Crippen LogP contribution in [0.15, 0.2) is 62.9 Å². The fourth-order valence-corrected chi connectivity index (χ4v) is 4.92. The Bertz CT molecular complexity index is 1720. The summed E-state index contributed by atoms with van der Waals surface area (Å²) in [6, 6.07) is 14.0. The minimum absolute atomic E-state index is 0.141. The van der Waals surface area contributed by atoms with Gasteiger partial charge in [0.05, 0.1) is 40.2 Å². The summed E-state index contributed by atoms with van der Waals surface area (Å²) in [5, 5.41) is 16.8. The van der Waals surface area contributed by atoms with Gasteiger partial charge in [-0.25, -0.2) is 4.98 Å². The monoisotopic (exact) mass is 620 g/mol. The van der Waals surface area contributed by atoms with E-state index >= 15 is 0 Å². The summed E-state index contributed by atoms with van der Waals surface area (Å²) in [6.45, 7) is 12.3. The Morgan fingerprint density at radius 1 is 1.17 bits per heavy atom. The van der Waals surface area contributed by atoms with E-state index in [2.05, 4.69) is 34.9 Å². The lowest BCUT2D eigenvalue weighted by atomic mass is 9.96. The van der Waals surface area contributed by atoms with Crippen LogP contribution >= 0.6 is 15.9 Å². The highest BCUT2D eigenvalue weighted by molar-refractivity contribution is 9.10. The van der Waals surface area contributed by atoms with Gasteiger partial charge < -0.3 is 9.47 Å². The molecule has 41 heavy (non-hydrogen) atoms. The van der Waals surface area contributed by atoms with Crippen molar-refractivity contribution in [2.24, 2.45) is 10.5 Å². The van der Waals surface area contributed by atoms with Crippen molar-refractivity contribution < 1.29 is 14.4 Å². The first-order valence-corrected chi connectivity index (χ1v) is 14.0. The van der Waals surface area contributed by atoms with Crippen LogP contribution in [0, 0.1) is 22.5 Å². The lowest BCUT2D eigenvalue weighted by Gasteiger charge is -2.19. The Labute approximate surface area is 247 Å². The van der Waals surface area contributed by atoms with Gasteiger partial charge in [0, 0.05) is 17.2 Å². The molecule has 4 rings (SSSR count). The Hall–Kier alpha value is -4.05. The minimum Gasteiger partial charge on any atom is -0.496 e. The number of hydrogen-bond acceptors (Lipinski definition) is 7. The van der Waals surface area contributed by atoms with Crippen molar-refractivity contribution in [1.82, 2.24) is 9.66 Å². The number of hydrogen-bond donors (Lipinski definition) is 0. The molecule has 1 aromatic heterocycles. The van der Waals surface area contributed by atoms with Crippen molar-refractivity contribution in [3.8, 4) is 22.9 Å². The lowest BCUT2D eigenvalue weighted by Crippen LogP contribution is -2.21. The van der Waals surface area contributed by atoms with E-state index in [1.165, 1.54) is 17.0 Å². The number of aryl methyl sites for hydroxylation is 1. The summed E-state index contributed by atoms with van der Waals surface area (Å²) in [5.74, 6) is 1.41. The number of ether oxygens (including phenoxy) is 2. The number of benzene rings is 3. The highest BCUT2D eigenvalue weighted by Gasteiger charge is 2.23. The standard InChI is InChI=1S/C31H33BrN4O5/c1-18(2)22-15-23(19(3)12-27(22)40-7)29-34-25-11-9-8-10-21(25)30(37)35(29)33-16-20-13-24(32)28(26(14-20)36(38)39)41-17-31(4,5)6/h8-16,18H,17H2,1-7H3. The average molecular weight is 622 g/mol. The Morgan fingerprint density at radius 2 is 1.88 bits per heavy atom. The maximum atomic E-state index is 13.7. The van der Waals surface area contributed by atoms with Gasteiger partial charge in [-0.05, 0) is 75.6 Å². The first kappa shape index (κ1) is 29.9. The maximum absolute atomic E-state index is 13.7. The Morgan fingerprint density at radius 3 is 2.51 bits per heavy atom. The van der Waals surface area contributed by atoms with Crippen LogP contribution < -0.4 is 15.0 Å². The third kappa shape index (κ3) is 6.48. The number of aromatic nitrogens is 2. The molecule has 0 aliphatic heterocycles. The van der Waals surface area contributed by atoms with Crippen LogP contribution in [0.4, 0.5) is 5.69 Å². The molecule has 0 bridgehead atoms. The third-order valence-corrected chi connectivity index (χ3v) is 7.00. The molecule has 0 aliphatic carbocycles.